The van der Waals surface area contributed by atoms with Gasteiger partial charge in [0.15, 0.2) is 0 Å². The second-order valence-corrected chi connectivity index (χ2v) is 5.38. The van der Waals surface area contributed by atoms with Gasteiger partial charge in [0.05, 0.1) is 10.6 Å². The Kier molecular flexibility index (Phi) is 2.54. The molecule has 0 saturated heterocycles. The fourth-order valence-corrected chi connectivity index (χ4v) is 3.61. The summed E-state index contributed by atoms with van der Waals surface area (Å²) in [4.78, 5) is 14.8. The van der Waals surface area contributed by atoms with Crippen LogP contribution < -0.4 is 4.90 Å². The van der Waals surface area contributed by atoms with Crippen LogP contribution >= 0.6 is 11.8 Å². The molecular formula is C13H15NO2S. The van der Waals surface area contributed by atoms with Gasteiger partial charge in [0.1, 0.15) is 5.75 Å². The number of aryl methyl sites for hydroxylation is 1. The van der Waals surface area contributed by atoms with Crippen molar-refractivity contribution in [2.75, 3.05) is 17.7 Å². The zero-order chi connectivity index (χ0) is 12.0. The van der Waals surface area contributed by atoms with Crippen molar-refractivity contribution < 1.29 is 9.90 Å². The lowest BCUT2D eigenvalue weighted by Crippen LogP contribution is -2.39. The van der Waals surface area contributed by atoms with Crippen molar-refractivity contribution in [1.29, 1.82) is 0 Å². The smallest absolute Gasteiger partial charge is 0.227 e. The highest BCUT2D eigenvalue weighted by atomic mass is 32.2. The average molecular weight is 249 g/mol. The quantitative estimate of drug-likeness (QED) is 0.777. The minimum atomic E-state index is 0.233. The van der Waals surface area contributed by atoms with Gasteiger partial charge in [-0.05, 0) is 42.7 Å². The number of phenols is 1. The van der Waals surface area contributed by atoms with Gasteiger partial charge < -0.3 is 10.0 Å². The molecule has 0 fully saturated rings. The number of carbonyl (C=O) groups excluding carboxylic acids is 1. The van der Waals surface area contributed by atoms with Gasteiger partial charge in [-0.15, -0.1) is 11.8 Å². The molecule has 17 heavy (non-hydrogen) atoms. The maximum absolute atomic E-state index is 11.9. The largest absolute Gasteiger partial charge is 0.507 e. The number of aromatic hydroxyl groups is 1. The molecule has 2 aliphatic heterocycles. The molecule has 4 heteroatoms. The summed E-state index contributed by atoms with van der Waals surface area (Å²) < 4.78 is 0. The second kappa shape index (κ2) is 3.95. The first kappa shape index (κ1) is 11.0. The summed E-state index contributed by atoms with van der Waals surface area (Å²) in [6, 6.07) is 1.84. The third-order valence-corrected chi connectivity index (χ3v) is 4.46. The highest BCUT2D eigenvalue weighted by molar-refractivity contribution is 7.98. The van der Waals surface area contributed by atoms with Crippen molar-refractivity contribution in [3.05, 3.63) is 17.2 Å². The fourth-order valence-electron chi connectivity index (χ4n) is 2.89. The molecule has 0 aromatic heterocycles. The Hall–Kier alpha value is -1.16. The van der Waals surface area contributed by atoms with Gasteiger partial charge in [0, 0.05) is 13.0 Å². The van der Waals surface area contributed by atoms with Crippen LogP contribution in [-0.4, -0.2) is 23.8 Å². The summed E-state index contributed by atoms with van der Waals surface area (Å²) in [6.07, 6.45) is 5.28. The Balaban J connectivity index is 2.26. The highest BCUT2D eigenvalue weighted by Gasteiger charge is 2.31. The van der Waals surface area contributed by atoms with Crippen LogP contribution in [0.4, 0.5) is 5.69 Å². The number of hydrogen-bond donors (Lipinski definition) is 1. The SMILES string of the molecule is CSc1c(O)cc2c3c1CCCN3C(=O)CC2. The highest BCUT2D eigenvalue weighted by Crippen LogP contribution is 2.44. The predicted octanol–water partition coefficient (Wildman–Crippen LogP) is 2.34. The number of nitrogens with zero attached hydrogens (tertiary/aromatic N) is 1. The van der Waals surface area contributed by atoms with Crippen LogP contribution in [0.25, 0.3) is 0 Å². The number of phenolic OH excluding ortho intramolecular Hbond substituents is 1. The van der Waals surface area contributed by atoms with E-state index in [9.17, 15) is 9.90 Å². The number of amides is 1. The molecule has 2 heterocycles. The summed E-state index contributed by atoms with van der Waals surface area (Å²) in [7, 11) is 0. The topological polar surface area (TPSA) is 40.5 Å². The molecule has 90 valence electrons. The van der Waals surface area contributed by atoms with Gasteiger partial charge in [-0.2, -0.15) is 0 Å². The van der Waals surface area contributed by atoms with Gasteiger partial charge in [0.25, 0.3) is 0 Å². The molecule has 3 rings (SSSR count). The van der Waals surface area contributed by atoms with Crippen LogP contribution in [0, 0.1) is 0 Å². The molecule has 1 aromatic rings. The molecule has 0 unspecified atom stereocenters. The van der Waals surface area contributed by atoms with Crippen LogP contribution in [0.15, 0.2) is 11.0 Å². The van der Waals surface area contributed by atoms with E-state index < -0.39 is 0 Å². The first-order valence-corrected chi connectivity index (χ1v) is 7.17. The van der Waals surface area contributed by atoms with Crippen molar-refractivity contribution in [3.8, 4) is 5.75 Å². The van der Waals surface area contributed by atoms with Crippen molar-refractivity contribution in [2.45, 2.75) is 30.6 Å². The molecule has 0 atom stereocenters. The van der Waals surface area contributed by atoms with Gasteiger partial charge in [0.2, 0.25) is 5.91 Å². The molecular weight excluding hydrogens is 234 g/mol. The molecule has 0 radical (unpaired) electrons. The Bertz CT molecular complexity index is 499. The molecule has 1 N–H and O–H groups in total. The Morgan fingerprint density at radius 3 is 2.94 bits per heavy atom. The zero-order valence-electron chi connectivity index (χ0n) is 9.82. The van der Waals surface area contributed by atoms with Crippen molar-refractivity contribution in [1.82, 2.24) is 0 Å². The van der Waals surface area contributed by atoms with E-state index in [2.05, 4.69) is 0 Å². The predicted molar refractivity (Wildman–Crippen MR) is 68.9 cm³/mol. The second-order valence-electron chi connectivity index (χ2n) is 4.56. The minimum Gasteiger partial charge on any atom is -0.507 e. The number of benzene rings is 1. The van der Waals surface area contributed by atoms with Gasteiger partial charge >= 0.3 is 0 Å². The standard InChI is InChI=1S/C13H15NO2S/c1-17-13-9-3-2-6-14-11(16)5-4-8(12(9)14)7-10(13)15/h7,15H,2-6H2,1H3. The normalized spacial score (nSPS) is 18.2. The van der Waals surface area contributed by atoms with Crippen molar-refractivity contribution >= 4 is 23.4 Å². The lowest BCUT2D eigenvalue weighted by Gasteiger charge is -2.36. The number of thioether (sulfide) groups is 1. The summed E-state index contributed by atoms with van der Waals surface area (Å²) in [5.41, 5.74) is 3.40. The average Bonchev–Trinajstić information content (AvgIpc) is 2.34. The third kappa shape index (κ3) is 1.54. The molecule has 0 bridgehead atoms. The van der Waals surface area contributed by atoms with Gasteiger partial charge in [-0.25, -0.2) is 0 Å². The number of rotatable bonds is 1. The van der Waals surface area contributed by atoms with E-state index in [-0.39, 0.29) is 5.91 Å². The van der Waals surface area contributed by atoms with E-state index >= 15 is 0 Å². The van der Waals surface area contributed by atoms with Crippen LogP contribution in [0.5, 0.6) is 5.75 Å². The van der Waals surface area contributed by atoms with Gasteiger partial charge in [-0.1, -0.05) is 0 Å². The summed E-state index contributed by atoms with van der Waals surface area (Å²) in [5.74, 6) is 0.610. The lowest BCUT2D eigenvalue weighted by molar-refractivity contribution is -0.119. The first-order chi connectivity index (χ1) is 8.22. The van der Waals surface area contributed by atoms with E-state index in [1.807, 2.05) is 17.2 Å². The summed E-state index contributed by atoms with van der Waals surface area (Å²) in [5, 5.41) is 10.0. The molecule has 0 aliphatic carbocycles. The molecule has 0 spiro atoms. The van der Waals surface area contributed by atoms with Crippen molar-refractivity contribution in [3.63, 3.8) is 0 Å². The molecule has 3 nitrogen and oxygen atoms in total. The Morgan fingerprint density at radius 1 is 1.35 bits per heavy atom. The van der Waals surface area contributed by atoms with E-state index in [1.165, 1.54) is 5.56 Å². The van der Waals surface area contributed by atoms with E-state index in [1.54, 1.807) is 11.8 Å². The van der Waals surface area contributed by atoms with Crippen LogP contribution in [0.2, 0.25) is 0 Å². The monoisotopic (exact) mass is 249 g/mol. The summed E-state index contributed by atoms with van der Waals surface area (Å²) >= 11 is 1.57. The van der Waals surface area contributed by atoms with Crippen LogP contribution in [0.1, 0.15) is 24.0 Å². The van der Waals surface area contributed by atoms with E-state index in [0.29, 0.717) is 12.2 Å². The maximum atomic E-state index is 11.9. The Labute approximate surface area is 105 Å². The number of hydrogen-bond acceptors (Lipinski definition) is 3. The molecule has 1 aromatic carbocycles. The summed E-state index contributed by atoms with van der Waals surface area (Å²) in [6.45, 7) is 0.831. The van der Waals surface area contributed by atoms with E-state index in [4.69, 9.17) is 0 Å². The minimum absolute atomic E-state index is 0.233. The lowest BCUT2D eigenvalue weighted by atomic mass is 9.91. The van der Waals surface area contributed by atoms with E-state index in [0.717, 1.165) is 42.0 Å². The third-order valence-electron chi connectivity index (χ3n) is 3.60. The van der Waals surface area contributed by atoms with Crippen molar-refractivity contribution in [2.24, 2.45) is 0 Å². The van der Waals surface area contributed by atoms with Crippen LogP contribution in [0.3, 0.4) is 0 Å². The maximum Gasteiger partial charge on any atom is 0.227 e. The first-order valence-electron chi connectivity index (χ1n) is 5.94. The number of anilines is 1. The zero-order valence-corrected chi connectivity index (χ0v) is 10.6. The fraction of sp³-hybridized carbons (Fsp3) is 0.462. The van der Waals surface area contributed by atoms with Crippen LogP contribution in [-0.2, 0) is 17.6 Å². The molecule has 1 amide bonds. The number of carbonyl (C=O) groups is 1. The Morgan fingerprint density at radius 2 is 2.18 bits per heavy atom. The molecule has 0 saturated carbocycles. The van der Waals surface area contributed by atoms with Gasteiger partial charge in [-0.3, -0.25) is 4.79 Å². The molecule has 2 aliphatic rings.